The van der Waals surface area contributed by atoms with Crippen LogP contribution in [-0.4, -0.2) is 52.0 Å². The Bertz CT molecular complexity index is 499. The lowest BCUT2D eigenvalue weighted by atomic mass is 9.65. The lowest BCUT2D eigenvalue weighted by Gasteiger charge is -2.61. The summed E-state index contributed by atoms with van der Waals surface area (Å²) in [5, 5.41) is 0. The highest BCUT2D eigenvalue weighted by Crippen LogP contribution is 2.48. The number of hydrogen-bond donors (Lipinski definition) is 1. The van der Waals surface area contributed by atoms with Crippen molar-refractivity contribution in [2.75, 3.05) is 19.6 Å². The third-order valence-corrected chi connectivity index (χ3v) is 6.47. The smallest absolute Gasteiger partial charge is 0.183 e. The van der Waals surface area contributed by atoms with Crippen LogP contribution < -0.4 is 5.73 Å². The molecule has 1 aliphatic carbocycles. The van der Waals surface area contributed by atoms with Crippen molar-refractivity contribution in [3.63, 3.8) is 0 Å². The van der Waals surface area contributed by atoms with Gasteiger partial charge >= 0.3 is 0 Å². The van der Waals surface area contributed by atoms with E-state index in [0.717, 1.165) is 32.0 Å². The average Bonchev–Trinajstić information content (AvgIpc) is 3.00. The van der Waals surface area contributed by atoms with Crippen molar-refractivity contribution in [2.24, 2.45) is 5.73 Å². The molecule has 1 aromatic heterocycles. The van der Waals surface area contributed by atoms with E-state index in [1.54, 1.807) is 11.3 Å². The highest BCUT2D eigenvalue weighted by atomic mass is 35.5. The van der Waals surface area contributed by atoms with Crippen LogP contribution in [0.5, 0.6) is 0 Å². The molecule has 4 nitrogen and oxygen atoms in total. The van der Waals surface area contributed by atoms with E-state index in [1.807, 2.05) is 6.20 Å². The maximum absolute atomic E-state index is 6.15. The van der Waals surface area contributed by atoms with E-state index < -0.39 is 0 Å². The molecular formula is C14H21ClN4S. The van der Waals surface area contributed by atoms with Crippen LogP contribution in [0, 0.1) is 0 Å². The Kier molecular flexibility index (Phi) is 3.31. The maximum atomic E-state index is 6.15. The van der Waals surface area contributed by atoms with Gasteiger partial charge in [0, 0.05) is 48.3 Å². The van der Waals surface area contributed by atoms with E-state index >= 15 is 0 Å². The Morgan fingerprint density at radius 1 is 1.40 bits per heavy atom. The molecule has 2 saturated heterocycles. The Hall–Kier alpha value is -0.200. The minimum absolute atomic E-state index is 0.324. The number of fused-ring (bicyclic) bond motifs is 2. The summed E-state index contributed by atoms with van der Waals surface area (Å²) < 4.78 is 0.652. The molecule has 0 bridgehead atoms. The monoisotopic (exact) mass is 312 g/mol. The van der Waals surface area contributed by atoms with Crippen molar-refractivity contribution in [3.8, 4) is 0 Å². The van der Waals surface area contributed by atoms with Crippen molar-refractivity contribution in [1.29, 1.82) is 0 Å². The van der Waals surface area contributed by atoms with Crippen molar-refractivity contribution in [1.82, 2.24) is 14.8 Å². The van der Waals surface area contributed by atoms with Gasteiger partial charge in [0.15, 0.2) is 4.47 Å². The van der Waals surface area contributed by atoms with Gasteiger partial charge in [0.05, 0.1) is 0 Å². The van der Waals surface area contributed by atoms with Gasteiger partial charge in [-0.25, -0.2) is 4.98 Å². The molecule has 3 aliphatic rings. The predicted octanol–water partition coefficient (Wildman–Crippen LogP) is 1.94. The van der Waals surface area contributed by atoms with Crippen molar-refractivity contribution < 1.29 is 0 Å². The zero-order valence-corrected chi connectivity index (χ0v) is 13.2. The zero-order chi connectivity index (χ0) is 13.7. The summed E-state index contributed by atoms with van der Waals surface area (Å²) in [6, 6.07) is 1.11. The van der Waals surface area contributed by atoms with Gasteiger partial charge in [-0.1, -0.05) is 11.6 Å². The molecule has 3 fully saturated rings. The molecule has 2 aliphatic heterocycles. The highest BCUT2D eigenvalue weighted by molar-refractivity contribution is 7.15. The lowest BCUT2D eigenvalue weighted by molar-refractivity contribution is -0.0964. The number of halogens is 1. The molecule has 1 unspecified atom stereocenters. The molecule has 0 radical (unpaired) electrons. The van der Waals surface area contributed by atoms with E-state index in [-0.39, 0.29) is 0 Å². The van der Waals surface area contributed by atoms with Crippen LogP contribution in [0.4, 0.5) is 0 Å². The molecule has 1 atom stereocenters. The normalized spacial score (nSPS) is 38.1. The fourth-order valence-electron chi connectivity index (χ4n) is 4.54. The first-order chi connectivity index (χ1) is 9.67. The van der Waals surface area contributed by atoms with Crippen molar-refractivity contribution >= 4 is 22.9 Å². The third kappa shape index (κ3) is 2.03. The number of nitrogens with zero attached hydrogens (tertiary/aromatic N) is 3. The first-order valence-electron chi connectivity index (χ1n) is 7.52. The fraction of sp³-hybridized carbons (Fsp3) is 0.786. The number of thiazole rings is 1. The number of piperazine rings is 1. The molecule has 20 heavy (non-hydrogen) atoms. The van der Waals surface area contributed by atoms with E-state index in [9.17, 15) is 0 Å². The van der Waals surface area contributed by atoms with Crippen LogP contribution in [0.3, 0.4) is 0 Å². The Morgan fingerprint density at radius 2 is 2.25 bits per heavy atom. The van der Waals surface area contributed by atoms with E-state index in [4.69, 9.17) is 17.3 Å². The quantitative estimate of drug-likeness (QED) is 0.906. The van der Waals surface area contributed by atoms with Gasteiger partial charge < -0.3 is 5.73 Å². The van der Waals surface area contributed by atoms with Gasteiger partial charge in [-0.2, -0.15) is 0 Å². The molecule has 1 aromatic rings. The average molecular weight is 313 g/mol. The maximum Gasteiger partial charge on any atom is 0.183 e. The second-order valence-corrected chi connectivity index (χ2v) is 8.16. The van der Waals surface area contributed by atoms with Crippen LogP contribution in [-0.2, 0) is 6.54 Å². The zero-order valence-electron chi connectivity index (χ0n) is 11.6. The summed E-state index contributed by atoms with van der Waals surface area (Å²) in [4.78, 5) is 10.8. The molecular weight excluding hydrogens is 292 g/mol. The molecule has 0 amide bonds. The summed E-state index contributed by atoms with van der Waals surface area (Å²) >= 11 is 7.58. The van der Waals surface area contributed by atoms with Gasteiger partial charge in [0.1, 0.15) is 0 Å². The molecule has 4 rings (SSSR count). The molecule has 6 heteroatoms. The van der Waals surface area contributed by atoms with Crippen LogP contribution >= 0.6 is 22.9 Å². The van der Waals surface area contributed by atoms with Crippen LogP contribution in [0.25, 0.3) is 0 Å². The van der Waals surface area contributed by atoms with Crippen LogP contribution in [0.2, 0.25) is 4.47 Å². The van der Waals surface area contributed by atoms with Gasteiger partial charge in [0.25, 0.3) is 0 Å². The minimum Gasteiger partial charge on any atom is -0.328 e. The standard InChI is InChI=1S/C14H21ClN4S/c15-13-17-8-11(20-13)9-19-5-4-18-3-1-2-12(18)14(19)6-10(16)7-14/h8,10,12H,1-7,9,16H2. The minimum atomic E-state index is 0.324. The highest BCUT2D eigenvalue weighted by Gasteiger charge is 2.56. The summed E-state index contributed by atoms with van der Waals surface area (Å²) in [5.74, 6) is 0. The molecule has 1 spiro atoms. The van der Waals surface area contributed by atoms with Crippen molar-refractivity contribution in [3.05, 3.63) is 15.5 Å². The number of aromatic nitrogens is 1. The van der Waals surface area contributed by atoms with E-state index in [1.165, 1.54) is 30.8 Å². The third-order valence-electron chi connectivity index (χ3n) is 5.37. The summed E-state index contributed by atoms with van der Waals surface area (Å²) in [6.45, 7) is 4.62. The Morgan fingerprint density at radius 3 is 2.95 bits per heavy atom. The molecule has 110 valence electrons. The molecule has 1 saturated carbocycles. The van der Waals surface area contributed by atoms with Gasteiger partial charge in [-0.05, 0) is 32.2 Å². The second-order valence-electron chi connectivity index (χ2n) is 6.47. The van der Waals surface area contributed by atoms with Gasteiger partial charge in [-0.15, -0.1) is 11.3 Å². The summed E-state index contributed by atoms with van der Waals surface area (Å²) in [6.07, 6.45) is 6.93. The van der Waals surface area contributed by atoms with Gasteiger partial charge in [0.2, 0.25) is 0 Å². The van der Waals surface area contributed by atoms with E-state index in [2.05, 4.69) is 14.8 Å². The van der Waals surface area contributed by atoms with Gasteiger partial charge in [-0.3, -0.25) is 9.80 Å². The lowest BCUT2D eigenvalue weighted by Crippen LogP contribution is -2.73. The molecule has 0 aromatic carbocycles. The number of hydrogen-bond acceptors (Lipinski definition) is 5. The summed E-state index contributed by atoms with van der Waals surface area (Å²) in [5.41, 5.74) is 6.47. The predicted molar refractivity (Wildman–Crippen MR) is 82.1 cm³/mol. The van der Waals surface area contributed by atoms with Crippen molar-refractivity contribution in [2.45, 2.75) is 49.9 Å². The summed E-state index contributed by atoms with van der Waals surface area (Å²) in [7, 11) is 0. The largest absolute Gasteiger partial charge is 0.328 e. The molecule has 2 N–H and O–H groups in total. The Labute approximate surface area is 128 Å². The van der Waals surface area contributed by atoms with E-state index in [0.29, 0.717) is 16.0 Å². The molecule has 3 heterocycles. The van der Waals surface area contributed by atoms with Crippen LogP contribution in [0.1, 0.15) is 30.6 Å². The van der Waals surface area contributed by atoms with Crippen LogP contribution in [0.15, 0.2) is 6.20 Å². The number of nitrogens with two attached hydrogens (primary N) is 1. The topological polar surface area (TPSA) is 45.4 Å². The fourth-order valence-corrected chi connectivity index (χ4v) is 5.54. The first kappa shape index (κ1) is 13.5. The first-order valence-corrected chi connectivity index (χ1v) is 8.72. The Balaban J connectivity index is 1.58. The SMILES string of the molecule is NC1CC2(C1)C1CCCN1CCN2Cc1cnc(Cl)s1. The second kappa shape index (κ2) is 4.92. The number of rotatable bonds is 2.